The summed E-state index contributed by atoms with van der Waals surface area (Å²) in [4.78, 5) is 16.3. The zero-order valence-electron chi connectivity index (χ0n) is 12.3. The molecular weight excluding hydrogens is 294 g/mol. The Labute approximate surface area is 124 Å². The monoisotopic (exact) mass is 313 g/mol. The number of carboxylic acids is 1. The smallest absolute Gasteiger partial charge is 0.307 e. The van der Waals surface area contributed by atoms with Gasteiger partial charge in [-0.2, -0.15) is 0 Å². The van der Waals surface area contributed by atoms with Crippen LogP contribution in [0.15, 0.2) is 11.0 Å². The van der Waals surface area contributed by atoms with Gasteiger partial charge in [-0.05, 0) is 49.4 Å². The number of hydrogen-bond donors (Lipinski definition) is 1. The number of hydrogen-bond acceptors (Lipinski definition) is 4. The van der Waals surface area contributed by atoms with Crippen LogP contribution >= 0.6 is 0 Å². The number of nitrogens with zero attached hydrogens (tertiary/aromatic N) is 1. The molecule has 6 nitrogen and oxygen atoms in total. The zero-order chi connectivity index (χ0) is 15.8. The Hall–Kier alpha value is -1.44. The summed E-state index contributed by atoms with van der Waals surface area (Å²) in [5, 5.41) is 9.01. The van der Waals surface area contributed by atoms with Gasteiger partial charge in [-0.3, -0.25) is 9.63 Å². The third kappa shape index (κ3) is 2.95. The van der Waals surface area contributed by atoms with E-state index in [2.05, 4.69) is 0 Å². The molecule has 1 aliphatic heterocycles. The van der Waals surface area contributed by atoms with Crippen molar-refractivity contribution in [1.29, 1.82) is 0 Å². The Kier molecular flexibility index (Phi) is 4.36. The van der Waals surface area contributed by atoms with Crippen LogP contribution in [0, 0.1) is 20.8 Å². The molecular formula is C14H19NO5S. The number of aryl methyl sites for hydroxylation is 2. The van der Waals surface area contributed by atoms with Crippen LogP contribution < -0.4 is 0 Å². The molecule has 7 heteroatoms. The van der Waals surface area contributed by atoms with E-state index in [-0.39, 0.29) is 11.3 Å². The van der Waals surface area contributed by atoms with Gasteiger partial charge >= 0.3 is 5.97 Å². The van der Waals surface area contributed by atoms with Crippen molar-refractivity contribution in [1.82, 2.24) is 4.47 Å². The van der Waals surface area contributed by atoms with Crippen LogP contribution in [-0.4, -0.2) is 37.1 Å². The van der Waals surface area contributed by atoms with Gasteiger partial charge in [0, 0.05) is 6.54 Å². The summed E-state index contributed by atoms with van der Waals surface area (Å²) in [6, 6.07) is 1.72. The van der Waals surface area contributed by atoms with Crippen LogP contribution in [0.4, 0.5) is 0 Å². The average molecular weight is 313 g/mol. The van der Waals surface area contributed by atoms with Crippen molar-refractivity contribution >= 4 is 16.0 Å². The maximum atomic E-state index is 12.7. The lowest BCUT2D eigenvalue weighted by Crippen LogP contribution is -2.28. The van der Waals surface area contributed by atoms with E-state index in [0.29, 0.717) is 36.3 Å². The van der Waals surface area contributed by atoms with E-state index in [1.54, 1.807) is 26.8 Å². The van der Waals surface area contributed by atoms with Crippen molar-refractivity contribution in [3.63, 3.8) is 0 Å². The molecule has 0 bridgehead atoms. The van der Waals surface area contributed by atoms with Crippen molar-refractivity contribution in [2.75, 3.05) is 13.2 Å². The topological polar surface area (TPSA) is 83.9 Å². The summed E-state index contributed by atoms with van der Waals surface area (Å²) in [6.45, 7) is 5.87. The summed E-state index contributed by atoms with van der Waals surface area (Å²) >= 11 is 0. The van der Waals surface area contributed by atoms with Gasteiger partial charge in [0.25, 0.3) is 10.0 Å². The zero-order valence-corrected chi connectivity index (χ0v) is 13.2. The number of carboxylic acid groups (broad SMARTS) is 1. The molecule has 1 heterocycles. The van der Waals surface area contributed by atoms with Gasteiger partial charge in [0.15, 0.2) is 0 Å². The summed E-state index contributed by atoms with van der Waals surface area (Å²) in [7, 11) is -3.76. The van der Waals surface area contributed by atoms with E-state index in [1.165, 1.54) is 0 Å². The van der Waals surface area contributed by atoms with Crippen LogP contribution in [0.25, 0.3) is 0 Å². The van der Waals surface area contributed by atoms with E-state index in [1.807, 2.05) is 0 Å². The summed E-state index contributed by atoms with van der Waals surface area (Å²) in [5.74, 6) is -0.981. The van der Waals surface area contributed by atoms with E-state index in [0.717, 1.165) is 10.0 Å². The normalized spacial score (nSPS) is 16.3. The molecule has 116 valence electrons. The molecule has 1 saturated heterocycles. The van der Waals surface area contributed by atoms with Crippen molar-refractivity contribution in [3.8, 4) is 0 Å². The van der Waals surface area contributed by atoms with Gasteiger partial charge in [-0.25, -0.2) is 8.42 Å². The minimum absolute atomic E-state index is 0.159. The average Bonchev–Trinajstić information content (AvgIpc) is 2.88. The first kappa shape index (κ1) is 15.9. The molecule has 0 spiro atoms. The Bertz CT molecular complexity index is 675. The van der Waals surface area contributed by atoms with E-state index in [9.17, 15) is 13.2 Å². The molecule has 0 radical (unpaired) electrons. The lowest BCUT2D eigenvalue weighted by atomic mass is 9.97. The quantitative estimate of drug-likeness (QED) is 0.912. The minimum atomic E-state index is -3.76. The highest BCUT2D eigenvalue weighted by atomic mass is 32.2. The maximum Gasteiger partial charge on any atom is 0.307 e. The van der Waals surface area contributed by atoms with Crippen molar-refractivity contribution in [2.45, 2.75) is 38.5 Å². The molecule has 0 atom stereocenters. The number of aliphatic carboxylic acids is 1. The van der Waals surface area contributed by atoms with Gasteiger partial charge in [0.2, 0.25) is 0 Å². The lowest BCUT2D eigenvalue weighted by Gasteiger charge is -2.20. The Balaban J connectivity index is 2.60. The molecule has 1 fully saturated rings. The molecule has 21 heavy (non-hydrogen) atoms. The van der Waals surface area contributed by atoms with Crippen LogP contribution in [0.3, 0.4) is 0 Å². The standard InChI is InChI=1S/C14H19NO5S/c1-9-7-10(2)14(11(3)12(9)8-13(16)17)21(18,19)15-5-4-6-20-15/h7H,4-6,8H2,1-3H3,(H,16,17). The Morgan fingerprint density at radius 2 is 2.00 bits per heavy atom. The number of sulfonamides is 1. The van der Waals surface area contributed by atoms with Crippen LogP contribution in [0.2, 0.25) is 0 Å². The molecule has 1 aromatic rings. The third-order valence-corrected chi connectivity index (χ3v) is 5.60. The van der Waals surface area contributed by atoms with Crippen LogP contribution in [-0.2, 0) is 26.1 Å². The lowest BCUT2D eigenvalue weighted by molar-refractivity contribution is -0.136. The fourth-order valence-electron chi connectivity index (χ4n) is 2.74. The van der Waals surface area contributed by atoms with Gasteiger partial charge < -0.3 is 5.11 Å². The number of benzene rings is 1. The SMILES string of the molecule is Cc1cc(C)c(S(=O)(=O)N2CCCO2)c(C)c1CC(=O)O. The molecule has 0 aliphatic carbocycles. The molecule has 0 amide bonds. The minimum Gasteiger partial charge on any atom is -0.481 e. The third-order valence-electron chi connectivity index (χ3n) is 3.63. The summed E-state index contributed by atoms with van der Waals surface area (Å²) in [5.41, 5.74) is 2.43. The second-order valence-corrected chi connectivity index (χ2v) is 7.00. The largest absolute Gasteiger partial charge is 0.481 e. The molecule has 1 aromatic carbocycles. The second-order valence-electron chi connectivity index (χ2n) is 5.23. The van der Waals surface area contributed by atoms with E-state index in [4.69, 9.17) is 9.94 Å². The molecule has 1 aliphatic rings. The highest BCUT2D eigenvalue weighted by molar-refractivity contribution is 7.89. The first-order chi connectivity index (χ1) is 9.75. The fraction of sp³-hybridized carbons (Fsp3) is 0.500. The predicted molar refractivity (Wildman–Crippen MR) is 76.5 cm³/mol. The molecule has 1 N–H and O–H groups in total. The molecule has 0 unspecified atom stereocenters. The van der Waals surface area contributed by atoms with Crippen molar-refractivity contribution in [2.24, 2.45) is 0 Å². The van der Waals surface area contributed by atoms with E-state index < -0.39 is 16.0 Å². The fourth-order valence-corrected chi connectivity index (χ4v) is 4.50. The molecule has 2 rings (SSSR count). The van der Waals surface area contributed by atoms with Crippen molar-refractivity contribution in [3.05, 3.63) is 28.3 Å². The number of rotatable bonds is 4. The van der Waals surface area contributed by atoms with Crippen LogP contribution in [0.1, 0.15) is 28.7 Å². The van der Waals surface area contributed by atoms with Gasteiger partial charge in [-0.15, -0.1) is 0 Å². The highest BCUT2D eigenvalue weighted by Gasteiger charge is 2.32. The number of hydroxylamine groups is 1. The Morgan fingerprint density at radius 1 is 1.33 bits per heavy atom. The predicted octanol–water partition coefficient (Wildman–Crippen LogP) is 1.56. The molecule has 0 saturated carbocycles. The first-order valence-corrected chi connectivity index (χ1v) is 8.16. The van der Waals surface area contributed by atoms with Gasteiger partial charge in [0.1, 0.15) is 0 Å². The molecule has 0 aromatic heterocycles. The van der Waals surface area contributed by atoms with E-state index >= 15 is 0 Å². The highest BCUT2D eigenvalue weighted by Crippen LogP contribution is 2.30. The summed E-state index contributed by atoms with van der Waals surface area (Å²) < 4.78 is 26.4. The summed E-state index contributed by atoms with van der Waals surface area (Å²) in [6.07, 6.45) is 0.465. The number of carbonyl (C=O) groups is 1. The van der Waals surface area contributed by atoms with Crippen LogP contribution in [0.5, 0.6) is 0 Å². The second kappa shape index (κ2) is 5.75. The van der Waals surface area contributed by atoms with Gasteiger partial charge in [-0.1, -0.05) is 10.5 Å². The van der Waals surface area contributed by atoms with Gasteiger partial charge in [0.05, 0.1) is 17.9 Å². The Morgan fingerprint density at radius 3 is 2.52 bits per heavy atom. The van der Waals surface area contributed by atoms with Crippen molar-refractivity contribution < 1.29 is 23.2 Å². The maximum absolute atomic E-state index is 12.7. The first-order valence-electron chi connectivity index (χ1n) is 6.72.